The van der Waals surface area contributed by atoms with Crippen molar-refractivity contribution in [2.45, 2.75) is 6.92 Å². The summed E-state index contributed by atoms with van der Waals surface area (Å²) in [6.45, 7) is 1.98. The topological polar surface area (TPSA) is 64.1 Å². The predicted molar refractivity (Wildman–Crippen MR) is 116 cm³/mol. The molecule has 0 atom stereocenters. The molecular weight excluding hydrogens is 438 g/mol. The Morgan fingerprint density at radius 1 is 1.21 bits per heavy atom. The summed E-state index contributed by atoms with van der Waals surface area (Å²) in [5.74, 6) is 0.518. The van der Waals surface area contributed by atoms with Crippen molar-refractivity contribution in [1.82, 2.24) is 9.97 Å². The third-order valence-corrected chi connectivity index (χ3v) is 5.48. The van der Waals surface area contributed by atoms with Gasteiger partial charge >= 0.3 is 0 Å². The Labute approximate surface area is 174 Å². The van der Waals surface area contributed by atoms with Crippen molar-refractivity contribution in [3.63, 3.8) is 0 Å². The van der Waals surface area contributed by atoms with E-state index in [9.17, 15) is 4.79 Å². The molecule has 2 aromatic heterocycles. The van der Waals surface area contributed by atoms with Crippen LogP contribution in [0, 0.1) is 6.92 Å². The van der Waals surface area contributed by atoms with Gasteiger partial charge in [-0.2, -0.15) is 0 Å². The molecule has 0 spiro atoms. The molecule has 1 N–H and O–H groups in total. The van der Waals surface area contributed by atoms with Crippen LogP contribution in [-0.4, -0.2) is 23.0 Å². The summed E-state index contributed by atoms with van der Waals surface area (Å²) >= 11 is 4.90. The number of carbonyl (C=O) groups is 1. The van der Waals surface area contributed by atoms with Crippen LogP contribution in [0.4, 0.5) is 5.13 Å². The molecule has 2 heterocycles. The third kappa shape index (κ3) is 3.63. The standard InChI is InChI=1S/C21H16BrN3O2S/c1-12-8-14(22)10-16-17(20(26)25-21-23-6-7-28-21)11-18(24-19(12)16)13-4-3-5-15(9-13)27-2/h3-11H,1-2H3,(H,23,25,26). The lowest BCUT2D eigenvalue weighted by Gasteiger charge is -2.12. The van der Waals surface area contributed by atoms with Gasteiger partial charge in [0, 0.05) is 27.0 Å². The van der Waals surface area contributed by atoms with Crippen molar-refractivity contribution in [2.75, 3.05) is 12.4 Å². The number of hydrogen-bond acceptors (Lipinski definition) is 5. The van der Waals surface area contributed by atoms with Crippen molar-refractivity contribution in [3.05, 3.63) is 69.6 Å². The Bertz CT molecular complexity index is 1180. The van der Waals surface area contributed by atoms with Crippen molar-refractivity contribution < 1.29 is 9.53 Å². The Hall–Kier alpha value is -2.77. The summed E-state index contributed by atoms with van der Waals surface area (Å²) in [5, 5.41) is 6.04. The number of fused-ring (bicyclic) bond motifs is 1. The van der Waals surface area contributed by atoms with Gasteiger partial charge in [0.1, 0.15) is 5.75 Å². The molecule has 7 heteroatoms. The molecule has 0 aliphatic heterocycles. The summed E-state index contributed by atoms with van der Waals surface area (Å²) < 4.78 is 6.23. The molecule has 0 radical (unpaired) electrons. The number of benzene rings is 2. The molecular formula is C21H16BrN3O2S. The first-order chi connectivity index (χ1) is 13.5. The molecule has 0 fully saturated rings. The van der Waals surface area contributed by atoms with Crippen molar-refractivity contribution in [3.8, 4) is 17.0 Å². The minimum absolute atomic E-state index is 0.219. The number of halogens is 1. The maximum Gasteiger partial charge on any atom is 0.258 e. The number of pyridine rings is 1. The van der Waals surface area contributed by atoms with E-state index < -0.39 is 0 Å². The number of rotatable bonds is 4. The van der Waals surface area contributed by atoms with Gasteiger partial charge in [-0.05, 0) is 42.8 Å². The molecule has 4 aromatic rings. The zero-order chi connectivity index (χ0) is 19.7. The normalized spacial score (nSPS) is 10.8. The minimum Gasteiger partial charge on any atom is -0.497 e. The van der Waals surface area contributed by atoms with Gasteiger partial charge < -0.3 is 4.74 Å². The molecule has 0 unspecified atom stereocenters. The summed E-state index contributed by atoms with van der Waals surface area (Å²) in [6.07, 6.45) is 1.66. The molecule has 5 nitrogen and oxygen atoms in total. The maximum atomic E-state index is 13.0. The van der Waals surface area contributed by atoms with Crippen LogP contribution in [0.2, 0.25) is 0 Å². The van der Waals surface area contributed by atoms with Crippen LogP contribution in [0.3, 0.4) is 0 Å². The number of thiazole rings is 1. The fraction of sp³-hybridized carbons (Fsp3) is 0.0952. The second-order valence-corrected chi connectivity index (χ2v) is 8.01. The van der Waals surface area contributed by atoms with E-state index in [0.717, 1.165) is 32.3 Å². The Morgan fingerprint density at radius 3 is 2.82 bits per heavy atom. The minimum atomic E-state index is -0.219. The molecule has 1 amide bonds. The zero-order valence-electron chi connectivity index (χ0n) is 15.2. The van der Waals surface area contributed by atoms with Crippen molar-refractivity contribution in [2.24, 2.45) is 0 Å². The highest BCUT2D eigenvalue weighted by molar-refractivity contribution is 9.10. The highest BCUT2D eigenvalue weighted by Crippen LogP contribution is 2.31. The van der Waals surface area contributed by atoms with Gasteiger partial charge in [-0.1, -0.05) is 28.1 Å². The second-order valence-electron chi connectivity index (χ2n) is 6.20. The highest BCUT2D eigenvalue weighted by atomic mass is 79.9. The lowest BCUT2D eigenvalue weighted by Crippen LogP contribution is -2.13. The highest BCUT2D eigenvalue weighted by Gasteiger charge is 2.17. The molecule has 0 saturated heterocycles. The van der Waals surface area contributed by atoms with Gasteiger partial charge in [0.25, 0.3) is 5.91 Å². The molecule has 28 heavy (non-hydrogen) atoms. The van der Waals surface area contributed by atoms with Gasteiger partial charge in [0.05, 0.1) is 23.9 Å². The van der Waals surface area contributed by atoms with E-state index in [1.165, 1.54) is 11.3 Å². The summed E-state index contributed by atoms with van der Waals surface area (Å²) in [6, 6.07) is 13.4. The number of carbonyl (C=O) groups excluding carboxylic acids is 1. The Morgan fingerprint density at radius 2 is 2.07 bits per heavy atom. The molecule has 0 aliphatic carbocycles. The smallest absolute Gasteiger partial charge is 0.258 e. The van der Waals surface area contributed by atoms with Gasteiger partial charge in [-0.15, -0.1) is 11.3 Å². The largest absolute Gasteiger partial charge is 0.497 e. The summed E-state index contributed by atoms with van der Waals surface area (Å²) in [4.78, 5) is 22.0. The number of amides is 1. The average molecular weight is 454 g/mol. The third-order valence-electron chi connectivity index (χ3n) is 4.33. The molecule has 0 saturated carbocycles. The van der Waals surface area contributed by atoms with E-state index in [4.69, 9.17) is 9.72 Å². The number of methoxy groups -OCH3 is 1. The SMILES string of the molecule is COc1cccc(-c2cc(C(=O)Nc3nccs3)c3cc(Br)cc(C)c3n2)c1. The van der Waals surface area contributed by atoms with Crippen LogP contribution in [0.5, 0.6) is 5.75 Å². The number of ether oxygens (including phenoxy) is 1. The van der Waals surface area contributed by atoms with Gasteiger partial charge in [-0.3, -0.25) is 10.1 Å². The Kier molecular flexibility index (Phi) is 5.11. The number of anilines is 1. The first-order valence-electron chi connectivity index (χ1n) is 8.51. The summed E-state index contributed by atoms with van der Waals surface area (Å²) in [7, 11) is 1.63. The van der Waals surface area contributed by atoms with E-state index in [2.05, 4.69) is 26.2 Å². The van der Waals surface area contributed by atoms with Gasteiger partial charge in [0.15, 0.2) is 5.13 Å². The van der Waals surface area contributed by atoms with Crippen LogP contribution in [-0.2, 0) is 0 Å². The Balaban J connectivity index is 1.91. The van der Waals surface area contributed by atoms with E-state index >= 15 is 0 Å². The van der Waals surface area contributed by atoms with E-state index in [1.807, 2.05) is 54.8 Å². The fourth-order valence-corrected chi connectivity index (χ4v) is 4.12. The van der Waals surface area contributed by atoms with E-state index in [0.29, 0.717) is 16.4 Å². The van der Waals surface area contributed by atoms with Crippen LogP contribution in [0.25, 0.3) is 22.2 Å². The number of nitrogens with one attached hydrogen (secondary N) is 1. The quantitative estimate of drug-likeness (QED) is 0.430. The molecule has 140 valence electrons. The van der Waals surface area contributed by atoms with Crippen LogP contribution >= 0.6 is 27.3 Å². The molecule has 0 aliphatic rings. The lowest BCUT2D eigenvalue weighted by molar-refractivity contribution is 0.102. The van der Waals surface area contributed by atoms with Gasteiger partial charge in [0.2, 0.25) is 0 Å². The maximum absolute atomic E-state index is 13.0. The first-order valence-corrected chi connectivity index (χ1v) is 10.2. The fourth-order valence-electron chi connectivity index (χ4n) is 3.02. The van der Waals surface area contributed by atoms with Crippen LogP contribution < -0.4 is 10.1 Å². The monoisotopic (exact) mass is 453 g/mol. The zero-order valence-corrected chi connectivity index (χ0v) is 17.6. The van der Waals surface area contributed by atoms with Gasteiger partial charge in [-0.25, -0.2) is 9.97 Å². The molecule has 4 rings (SSSR count). The predicted octanol–water partition coefficient (Wildman–Crippen LogP) is 5.69. The van der Waals surface area contributed by atoms with Crippen molar-refractivity contribution in [1.29, 1.82) is 0 Å². The van der Waals surface area contributed by atoms with E-state index in [-0.39, 0.29) is 5.91 Å². The van der Waals surface area contributed by atoms with E-state index in [1.54, 1.807) is 13.3 Å². The molecule has 0 bridgehead atoms. The van der Waals surface area contributed by atoms with Crippen LogP contribution in [0.1, 0.15) is 15.9 Å². The first kappa shape index (κ1) is 18.6. The van der Waals surface area contributed by atoms with Crippen molar-refractivity contribution >= 4 is 49.2 Å². The lowest BCUT2D eigenvalue weighted by atomic mass is 10.0. The number of aryl methyl sites for hydroxylation is 1. The average Bonchev–Trinajstić information content (AvgIpc) is 3.20. The number of hydrogen-bond donors (Lipinski definition) is 1. The second kappa shape index (κ2) is 7.69. The number of aromatic nitrogens is 2. The molecule has 2 aromatic carbocycles. The van der Waals surface area contributed by atoms with Crippen LogP contribution in [0.15, 0.2) is 58.5 Å². The number of nitrogens with zero attached hydrogens (tertiary/aromatic N) is 2. The summed E-state index contributed by atoms with van der Waals surface area (Å²) in [5.41, 5.74) is 3.90.